The Hall–Kier alpha value is -3.28. The molecule has 0 aliphatic carbocycles. The third-order valence-corrected chi connectivity index (χ3v) is 5.19. The number of carbonyl (C=O) groups is 3. The lowest BCUT2D eigenvalue weighted by molar-refractivity contribution is -0.125. The molecule has 1 aromatic heterocycles. The van der Waals surface area contributed by atoms with Crippen LogP contribution in [0.4, 0.5) is 10.5 Å². The van der Waals surface area contributed by atoms with E-state index in [2.05, 4.69) is 26.1 Å². The number of urea groups is 1. The maximum atomic E-state index is 12.2. The molecule has 12 heteroatoms. The Kier molecular flexibility index (Phi) is 6.77. The van der Waals surface area contributed by atoms with E-state index in [0.717, 1.165) is 11.8 Å². The van der Waals surface area contributed by atoms with Gasteiger partial charge in [-0.15, -0.1) is 10.2 Å². The van der Waals surface area contributed by atoms with Gasteiger partial charge in [0.15, 0.2) is 11.5 Å². The molecule has 2 heterocycles. The molecule has 1 aliphatic heterocycles. The highest BCUT2D eigenvalue weighted by Crippen LogP contribution is 2.30. The van der Waals surface area contributed by atoms with Gasteiger partial charge in [0, 0.05) is 24.2 Å². The highest BCUT2D eigenvalue weighted by Gasteiger charge is 2.34. The van der Waals surface area contributed by atoms with E-state index in [1.165, 1.54) is 14.2 Å². The first-order valence-corrected chi connectivity index (χ1v) is 9.96. The standard InChI is InChI=1S/C18H21N5O6S/c1-9-11(16(25)21-17(26)19-9)7-15-22-23-18(29-15)30-8-14(24)20-10-4-5-12(27-2)13(6-10)28-3/h4-6,9,11H,7-8H2,1-3H3,(H,20,24)(H2,19,21,25,26). The van der Waals surface area contributed by atoms with Gasteiger partial charge in [-0.2, -0.15) is 0 Å². The number of hydrogen-bond donors (Lipinski definition) is 3. The van der Waals surface area contributed by atoms with Crippen LogP contribution in [0.25, 0.3) is 0 Å². The van der Waals surface area contributed by atoms with Crippen LogP contribution in [0, 0.1) is 5.92 Å². The van der Waals surface area contributed by atoms with Crippen molar-refractivity contribution in [2.75, 3.05) is 25.3 Å². The molecular weight excluding hydrogens is 414 g/mol. The Labute approximate surface area is 176 Å². The van der Waals surface area contributed by atoms with E-state index in [1.807, 2.05) is 0 Å². The van der Waals surface area contributed by atoms with Crippen molar-refractivity contribution in [3.05, 3.63) is 24.1 Å². The Bertz CT molecular complexity index is 949. The van der Waals surface area contributed by atoms with E-state index >= 15 is 0 Å². The lowest BCUT2D eigenvalue weighted by Crippen LogP contribution is -2.57. The van der Waals surface area contributed by atoms with Crippen molar-refractivity contribution in [3.8, 4) is 11.5 Å². The van der Waals surface area contributed by atoms with Crippen LogP contribution < -0.4 is 25.4 Å². The van der Waals surface area contributed by atoms with Crippen LogP contribution in [0.5, 0.6) is 11.5 Å². The number of imide groups is 1. The zero-order valence-corrected chi connectivity index (χ0v) is 17.4. The molecule has 0 radical (unpaired) electrons. The summed E-state index contributed by atoms with van der Waals surface area (Å²) in [6.45, 7) is 1.73. The summed E-state index contributed by atoms with van der Waals surface area (Å²) < 4.78 is 15.9. The van der Waals surface area contributed by atoms with Crippen molar-refractivity contribution < 1.29 is 28.3 Å². The molecule has 4 amide bonds. The molecular formula is C18H21N5O6S. The number of nitrogens with zero attached hydrogens (tertiary/aromatic N) is 2. The Balaban J connectivity index is 1.52. The number of carbonyl (C=O) groups excluding carboxylic acids is 3. The van der Waals surface area contributed by atoms with Gasteiger partial charge in [0.25, 0.3) is 5.22 Å². The molecule has 2 aromatic rings. The minimum Gasteiger partial charge on any atom is -0.493 e. The summed E-state index contributed by atoms with van der Waals surface area (Å²) >= 11 is 1.07. The molecule has 1 saturated heterocycles. The van der Waals surface area contributed by atoms with E-state index in [9.17, 15) is 14.4 Å². The van der Waals surface area contributed by atoms with Gasteiger partial charge in [0.05, 0.1) is 25.9 Å². The van der Waals surface area contributed by atoms with Crippen LogP contribution in [0.1, 0.15) is 12.8 Å². The fourth-order valence-corrected chi connectivity index (χ4v) is 3.43. The van der Waals surface area contributed by atoms with Crippen molar-refractivity contribution in [1.29, 1.82) is 0 Å². The Morgan fingerprint density at radius 3 is 2.70 bits per heavy atom. The van der Waals surface area contributed by atoms with Gasteiger partial charge in [-0.3, -0.25) is 14.9 Å². The number of anilines is 1. The highest BCUT2D eigenvalue weighted by atomic mass is 32.2. The van der Waals surface area contributed by atoms with Crippen LogP contribution >= 0.6 is 11.8 Å². The molecule has 1 aromatic carbocycles. The van der Waals surface area contributed by atoms with Crippen LogP contribution in [0.15, 0.2) is 27.8 Å². The van der Waals surface area contributed by atoms with Gasteiger partial charge in [-0.05, 0) is 19.1 Å². The Morgan fingerprint density at radius 2 is 2.00 bits per heavy atom. The summed E-state index contributed by atoms with van der Waals surface area (Å²) in [5, 5.41) is 15.6. The monoisotopic (exact) mass is 435 g/mol. The predicted octanol–water partition coefficient (Wildman–Crippen LogP) is 1.20. The second kappa shape index (κ2) is 9.48. The summed E-state index contributed by atoms with van der Waals surface area (Å²) in [6.07, 6.45) is 0.179. The molecule has 30 heavy (non-hydrogen) atoms. The summed E-state index contributed by atoms with van der Waals surface area (Å²) in [6, 6.07) is 4.16. The van der Waals surface area contributed by atoms with E-state index < -0.39 is 17.9 Å². The number of rotatable bonds is 8. The van der Waals surface area contributed by atoms with Gasteiger partial charge in [-0.1, -0.05) is 11.8 Å². The van der Waals surface area contributed by atoms with Crippen molar-refractivity contribution in [2.24, 2.45) is 5.92 Å². The molecule has 3 rings (SSSR count). The van der Waals surface area contributed by atoms with Crippen LogP contribution in [0.2, 0.25) is 0 Å². The van der Waals surface area contributed by atoms with E-state index in [0.29, 0.717) is 17.2 Å². The number of hydrogen-bond acceptors (Lipinski definition) is 9. The van der Waals surface area contributed by atoms with Crippen molar-refractivity contribution in [1.82, 2.24) is 20.8 Å². The van der Waals surface area contributed by atoms with Crippen LogP contribution in [-0.4, -0.2) is 54.1 Å². The first-order chi connectivity index (χ1) is 14.4. The second-order valence-electron chi connectivity index (χ2n) is 6.43. The maximum Gasteiger partial charge on any atom is 0.321 e. The normalized spacial score (nSPS) is 18.4. The molecule has 3 N–H and O–H groups in total. The molecule has 0 saturated carbocycles. The van der Waals surface area contributed by atoms with Crippen LogP contribution in [0.3, 0.4) is 0 Å². The average molecular weight is 435 g/mol. The van der Waals surface area contributed by atoms with Gasteiger partial charge in [-0.25, -0.2) is 4.79 Å². The maximum absolute atomic E-state index is 12.2. The number of nitrogens with one attached hydrogen (secondary N) is 3. The molecule has 11 nitrogen and oxygen atoms in total. The van der Waals surface area contributed by atoms with Gasteiger partial charge >= 0.3 is 6.03 Å². The number of benzene rings is 1. The smallest absolute Gasteiger partial charge is 0.321 e. The third-order valence-electron chi connectivity index (χ3n) is 4.37. The first kappa shape index (κ1) is 21.4. The number of ether oxygens (including phenoxy) is 2. The topological polar surface area (TPSA) is 145 Å². The zero-order chi connectivity index (χ0) is 21.7. The van der Waals surface area contributed by atoms with Crippen LogP contribution in [-0.2, 0) is 16.0 Å². The molecule has 160 valence electrons. The molecule has 0 spiro atoms. The van der Waals surface area contributed by atoms with Gasteiger partial charge < -0.3 is 24.5 Å². The summed E-state index contributed by atoms with van der Waals surface area (Å²) in [7, 11) is 3.04. The third kappa shape index (κ3) is 5.20. The molecule has 2 atom stereocenters. The minimum atomic E-state index is -0.522. The van der Waals surface area contributed by atoms with E-state index in [4.69, 9.17) is 13.9 Å². The zero-order valence-electron chi connectivity index (χ0n) is 16.6. The first-order valence-electron chi connectivity index (χ1n) is 8.98. The molecule has 1 aliphatic rings. The SMILES string of the molecule is COc1ccc(NC(=O)CSc2nnc(CC3C(=O)NC(=O)NC3C)o2)cc1OC. The summed E-state index contributed by atoms with van der Waals surface area (Å²) in [4.78, 5) is 35.4. The molecule has 2 unspecified atom stereocenters. The van der Waals surface area contributed by atoms with E-state index in [-0.39, 0.29) is 35.2 Å². The van der Waals surface area contributed by atoms with E-state index in [1.54, 1.807) is 25.1 Å². The lowest BCUT2D eigenvalue weighted by atomic mass is 9.95. The van der Waals surface area contributed by atoms with Gasteiger partial charge in [0.1, 0.15) is 0 Å². The van der Waals surface area contributed by atoms with Crippen molar-refractivity contribution in [2.45, 2.75) is 24.6 Å². The largest absolute Gasteiger partial charge is 0.493 e. The number of methoxy groups -OCH3 is 2. The number of amides is 4. The summed E-state index contributed by atoms with van der Waals surface area (Å²) in [5.41, 5.74) is 0.559. The van der Waals surface area contributed by atoms with Crippen molar-refractivity contribution in [3.63, 3.8) is 0 Å². The predicted molar refractivity (Wildman–Crippen MR) is 107 cm³/mol. The second-order valence-corrected chi connectivity index (χ2v) is 7.36. The van der Waals surface area contributed by atoms with Crippen molar-refractivity contribution >= 4 is 35.3 Å². The van der Waals surface area contributed by atoms with Gasteiger partial charge in [0.2, 0.25) is 17.7 Å². The molecule has 1 fully saturated rings. The quantitative estimate of drug-likeness (QED) is 0.521. The number of thioether (sulfide) groups is 1. The molecule has 0 bridgehead atoms. The average Bonchev–Trinajstić information content (AvgIpc) is 3.16. The Morgan fingerprint density at radius 1 is 1.23 bits per heavy atom. The number of aromatic nitrogens is 2. The highest BCUT2D eigenvalue weighted by molar-refractivity contribution is 7.99. The fourth-order valence-electron chi connectivity index (χ4n) is 2.85. The lowest BCUT2D eigenvalue weighted by Gasteiger charge is -2.27. The summed E-state index contributed by atoms with van der Waals surface area (Å²) in [5.74, 6) is 0.176. The fraction of sp³-hybridized carbons (Fsp3) is 0.389. The minimum absolute atomic E-state index is 0.0480.